The lowest BCUT2D eigenvalue weighted by molar-refractivity contribution is -0.870. The second-order valence-corrected chi connectivity index (χ2v) is 25.1. The van der Waals surface area contributed by atoms with Crippen LogP contribution in [0.4, 0.5) is 0 Å². The van der Waals surface area contributed by atoms with Crippen molar-refractivity contribution in [1.82, 2.24) is 0 Å². The van der Waals surface area contributed by atoms with Crippen LogP contribution in [0.25, 0.3) is 0 Å². The van der Waals surface area contributed by atoms with E-state index < -0.39 is 24.3 Å². The van der Waals surface area contributed by atoms with Crippen molar-refractivity contribution in [1.29, 1.82) is 0 Å². The van der Waals surface area contributed by atoms with Gasteiger partial charge in [0.2, 0.25) is 0 Å². The average molecular weight is 1260 g/mol. The highest BCUT2D eigenvalue weighted by molar-refractivity contribution is 5.71. The van der Waals surface area contributed by atoms with Gasteiger partial charge in [-0.25, -0.2) is 4.79 Å². The number of carboxylic acids is 1. The van der Waals surface area contributed by atoms with Crippen molar-refractivity contribution >= 4 is 17.9 Å². The second kappa shape index (κ2) is 70.8. The van der Waals surface area contributed by atoms with E-state index >= 15 is 0 Å². The highest BCUT2D eigenvalue weighted by Gasteiger charge is 2.25. The number of hydrogen-bond donors (Lipinski definition) is 1. The number of ether oxygens (including phenoxy) is 4. The minimum Gasteiger partial charge on any atom is -0.477 e. The van der Waals surface area contributed by atoms with E-state index in [1.54, 1.807) is 0 Å². The number of unbranched alkanes of at least 4 members (excludes halogenated alkanes) is 25. The minimum atomic E-state index is -1.52. The Kier molecular flexibility index (Phi) is 66.8. The maximum Gasteiger partial charge on any atom is 0.361 e. The first kappa shape index (κ1) is 85.9. The lowest BCUT2D eigenvalue weighted by Gasteiger charge is -2.25. The standard InChI is InChI=1S/C82H135NO8/c1-6-8-10-12-14-16-18-20-22-24-26-28-30-32-34-36-37-38-39-40-41-42-43-45-47-49-51-53-55-57-59-61-63-65-67-69-71-73-80(85)91-78(77-90-82(81(86)87)88-75-74-83(3,4)5)76-89-79(84)72-70-68-66-64-62-60-58-56-54-52-50-48-46-44-35-33-31-29-27-25-23-21-19-17-15-13-11-9-7-2/h8-11,14-17,20-23,26-29,32,34,37-38,40-41,43,45,49,51,78,82H,6-7,12-13,18-19,24-25,30-31,33,35-36,39,42,44,46-48,50,52-77H2,1-5H3/p+1/b10-8-,11-9-,16-14-,17-15-,22-20-,23-21-,28-26-,29-27-,34-32-,38-37-,41-40-,45-43-,51-49-. The maximum absolute atomic E-state index is 13.0. The van der Waals surface area contributed by atoms with Crippen LogP contribution < -0.4 is 0 Å². The SMILES string of the molecule is CC/C=C\C/C=C\C/C=C\C/C=C\C/C=C\C/C=C\C/C=C\C/C=C\C/C=C\CCCCCCCCCCCC(=O)OC(COC(=O)CCCCCCCCCCCCCCCCCC/C=C\C/C=C\C/C=C\C/C=C\CC)COC(OCC[N+](C)(C)C)C(=O)O. The Morgan fingerprint density at radius 3 is 0.879 bits per heavy atom. The summed E-state index contributed by atoms with van der Waals surface area (Å²) in [6, 6.07) is 0. The van der Waals surface area contributed by atoms with Crippen LogP contribution in [0, 0.1) is 0 Å². The fourth-order valence-corrected chi connectivity index (χ4v) is 9.76. The molecule has 0 amide bonds. The number of carbonyl (C=O) groups is 3. The number of carbonyl (C=O) groups excluding carboxylic acids is 2. The summed E-state index contributed by atoms with van der Waals surface area (Å²) in [6.07, 6.45) is 102. The zero-order valence-electron chi connectivity index (χ0n) is 58.9. The second-order valence-electron chi connectivity index (χ2n) is 25.1. The van der Waals surface area contributed by atoms with Gasteiger partial charge in [-0.15, -0.1) is 0 Å². The van der Waals surface area contributed by atoms with Crippen LogP contribution >= 0.6 is 0 Å². The van der Waals surface area contributed by atoms with Gasteiger partial charge in [-0.3, -0.25) is 9.59 Å². The Hall–Kier alpha value is -5.09. The smallest absolute Gasteiger partial charge is 0.361 e. The number of aliphatic carboxylic acids is 1. The molecule has 2 unspecified atom stereocenters. The van der Waals surface area contributed by atoms with E-state index in [0.717, 1.165) is 128 Å². The topological polar surface area (TPSA) is 108 Å². The van der Waals surface area contributed by atoms with Gasteiger partial charge in [0.15, 0.2) is 6.10 Å². The fraction of sp³-hybridized carbons (Fsp3) is 0.646. The molecule has 0 saturated heterocycles. The summed E-state index contributed by atoms with van der Waals surface area (Å²) in [6.45, 7) is 4.65. The van der Waals surface area contributed by atoms with E-state index in [2.05, 4.69) is 172 Å². The van der Waals surface area contributed by atoms with Gasteiger partial charge in [0.25, 0.3) is 6.29 Å². The van der Waals surface area contributed by atoms with Gasteiger partial charge in [-0.1, -0.05) is 307 Å². The van der Waals surface area contributed by atoms with Crippen LogP contribution in [-0.4, -0.2) is 87.4 Å². The number of quaternary nitrogens is 1. The van der Waals surface area contributed by atoms with Crippen molar-refractivity contribution in [3.05, 3.63) is 158 Å². The molecule has 0 heterocycles. The first-order valence-electron chi connectivity index (χ1n) is 36.6. The van der Waals surface area contributed by atoms with Crippen LogP contribution in [0.15, 0.2) is 158 Å². The van der Waals surface area contributed by atoms with Crippen molar-refractivity contribution in [3.8, 4) is 0 Å². The minimum absolute atomic E-state index is 0.180. The molecule has 0 aromatic rings. The lowest BCUT2D eigenvalue weighted by Crippen LogP contribution is -2.40. The van der Waals surface area contributed by atoms with Gasteiger partial charge in [0.1, 0.15) is 13.2 Å². The van der Waals surface area contributed by atoms with Crippen molar-refractivity contribution in [3.63, 3.8) is 0 Å². The van der Waals surface area contributed by atoms with Gasteiger partial charge in [0.05, 0.1) is 34.4 Å². The molecule has 0 aliphatic heterocycles. The maximum atomic E-state index is 13.0. The summed E-state index contributed by atoms with van der Waals surface area (Å²) in [4.78, 5) is 37.7. The Labute approximate surface area is 559 Å². The summed E-state index contributed by atoms with van der Waals surface area (Å²) >= 11 is 0. The van der Waals surface area contributed by atoms with Crippen molar-refractivity contribution in [2.45, 2.75) is 296 Å². The third kappa shape index (κ3) is 72.2. The molecule has 0 aliphatic rings. The Bertz CT molecular complexity index is 2060. The van der Waals surface area contributed by atoms with Crippen LogP contribution in [-0.2, 0) is 33.3 Å². The molecule has 0 fully saturated rings. The lowest BCUT2D eigenvalue weighted by atomic mass is 10.0. The zero-order valence-corrected chi connectivity index (χ0v) is 58.9. The molecule has 2 atom stereocenters. The van der Waals surface area contributed by atoms with E-state index in [1.165, 1.54) is 122 Å². The van der Waals surface area contributed by atoms with Crippen LogP contribution in [0.1, 0.15) is 284 Å². The number of nitrogens with zero attached hydrogens (tertiary/aromatic N) is 1. The molecule has 0 rings (SSSR count). The number of allylic oxidation sites excluding steroid dienone is 26. The molecule has 0 aliphatic carbocycles. The van der Waals surface area contributed by atoms with E-state index in [1.807, 2.05) is 21.1 Å². The molecule has 9 nitrogen and oxygen atoms in total. The summed E-state index contributed by atoms with van der Waals surface area (Å²) in [7, 11) is 5.97. The molecule has 91 heavy (non-hydrogen) atoms. The molecule has 0 bridgehead atoms. The summed E-state index contributed by atoms with van der Waals surface area (Å²) in [5.41, 5.74) is 0. The number of hydrogen-bond acceptors (Lipinski definition) is 7. The van der Waals surface area contributed by atoms with Crippen LogP contribution in [0.3, 0.4) is 0 Å². The molecule has 9 heteroatoms. The van der Waals surface area contributed by atoms with E-state index in [0.29, 0.717) is 23.9 Å². The first-order valence-corrected chi connectivity index (χ1v) is 36.6. The predicted octanol–water partition coefficient (Wildman–Crippen LogP) is 23.2. The third-order valence-electron chi connectivity index (χ3n) is 15.3. The molecule has 0 radical (unpaired) electrons. The van der Waals surface area contributed by atoms with Crippen molar-refractivity contribution < 1.29 is 42.9 Å². The third-order valence-corrected chi connectivity index (χ3v) is 15.3. The average Bonchev–Trinajstić information content (AvgIpc) is 3.50. The van der Waals surface area contributed by atoms with Gasteiger partial charge in [0, 0.05) is 12.8 Å². The Morgan fingerprint density at radius 2 is 0.593 bits per heavy atom. The van der Waals surface area contributed by atoms with Crippen molar-refractivity contribution in [2.75, 3.05) is 47.5 Å². The molecule has 0 saturated carbocycles. The predicted molar refractivity (Wildman–Crippen MR) is 391 cm³/mol. The summed E-state index contributed by atoms with van der Waals surface area (Å²) in [5.74, 6) is -2.02. The fourth-order valence-electron chi connectivity index (χ4n) is 9.76. The van der Waals surface area contributed by atoms with Crippen LogP contribution in [0.5, 0.6) is 0 Å². The molecule has 0 spiro atoms. The number of likely N-dealkylation sites (N-methyl/N-ethyl adjacent to an activating group) is 1. The molecule has 0 aromatic carbocycles. The molecule has 0 aromatic heterocycles. The van der Waals surface area contributed by atoms with E-state index in [4.69, 9.17) is 18.9 Å². The summed E-state index contributed by atoms with van der Waals surface area (Å²) in [5, 5.41) is 9.76. The number of esters is 2. The summed E-state index contributed by atoms with van der Waals surface area (Å²) < 4.78 is 23.0. The monoisotopic (exact) mass is 1260 g/mol. The van der Waals surface area contributed by atoms with E-state index in [9.17, 15) is 19.5 Å². The molecular weight excluding hydrogens is 1130 g/mol. The van der Waals surface area contributed by atoms with Gasteiger partial charge in [-0.2, -0.15) is 0 Å². The quantitative estimate of drug-likeness (QED) is 0.0211. The number of rotatable bonds is 66. The highest BCUT2D eigenvalue weighted by atomic mass is 16.7. The van der Waals surface area contributed by atoms with Gasteiger partial charge >= 0.3 is 17.9 Å². The van der Waals surface area contributed by atoms with E-state index in [-0.39, 0.29) is 32.2 Å². The molecular formula is C82H136NO8+. The molecule has 516 valence electrons. The Balaban J connectivity index is 4.15. The molecule has 1 N–H and O–H groups in total. The van der Waals surface area contributed by atoms with Crippen molar-refractivity contribution in [2.24, 2.45) is 0 Å². The largest absolute Gasteiger partial charge is 0.477 e. The normalized spacial score (nSPS) is 13.6. The van der Waals surface area contributed by atoms with Gasteiger partial charge < -0.3 is 28.5 Å². The highest BCUT2D eigenvalue weighted by Crippen LogP contribution is 2.17. The number of carboxylic acid groups (broad SMARTS) is 1. The first-order chi connectivity index (χ1) is 44.6. The van der Waals surface area contributed by atoms with Gasteiger partial charge in [-0.05, 0) is 122 Å². The van der Waals surface area contributed by atoms with Crippen LogP contribution in [0.2, 0.25) is 0 Å². The Morgan fingerprint density at radius 1 is 0.330 bits per heavy atom. The zero-order chi connectivity index (χ0) is 66.1.